The van der Waals surface area contributed by atoms with E-state index in [-0.39, 0.29) is 12.2 Å². The minimum absolute atomic E-state index is 0.160. The maximum atomic E-state index is 13.5. The minimum atomic E-state index is -3.41. The molecule has 0 aliphatic heterocycles. The van der Waals surface area contributed by atoms with Crippen LogP contribution in [-0.2, 0) is 6.61 Å². The molecule has 0 amide bonds. The fourth-order valence-corrected chi connectivity index (χ4v) is 2.08. The highest BCUT2D eigenvalue weighted by molar-refractivity contribution is 5.44. The summed E-state index contributed by atoms with van der Waals surface area (Å²) in [4.78, 5) is 0. The van der Waals surface area contributed by atoms with Gasteiger partial charge in [-0.15, -0.1) is 0 Å². The molecule has 0 aromatic heterocycles. The zero-order valence-electron chi connectivity index (χ0n) is 12.7. The molecule has 23 heavy (non-hydrogen) atoms. The standard InChI is InChI=1S/C17H19F2NO3/c1-22-14-8-7-13(16(20)17(18,19)11-21)9-15(14)23-10-12-5-3-2-4-6-12/h2-9,16,21H,10-11,20H2,1H3/t16-/m0/s1. The first kappa shape index (κ1) is 17.2. The van der Waals surface area contributed by atoms with Gasteiger partial charge in [-0.25, -0.2) is 8.78 Å². The second-order valence-corrected chi connectivity index (χ2v) is 5.08. The van der Waals surface area contributed by atoms with E-state index in [0.717, 1.165) is 5.56 Å². The lowest BCUT2D eigenvalue weighted by atomic mass is 10.0. The van der Waals surface area contributed by atoms with Gasteiger partial charge in [-0.3, -0.25) is 0 Å². The van der Waals surface area contributed by atoms with Crippen molar-refractivity contribution in [1.82, 2.24) is 0 Å². The SMILES string of the molecule is COc1ccc([C@H](N)C(F)(F)CO)cc1OCc1ccccc1. The molecule has 4 nitrogen and oxygen atoms in total. The van der Waals surface area contributed by atoms with Crippen molar-refractivity contribution in [2.24, 2.45) is 5.73 Å². The van der Waals surface area contributed by atoms with Crippen LogP contribution in [0.3, 0.4) is 0 Å². The Bertz CT molecular complexity index is 635. The van der Waals surface area contributed by atoms with Gasteiger partial charge in [0.05, 0.1) is 13.2 Å². The van der Waals surface area contributed by atoms with E-state index >= 15 is 0 Å². The van der Waals surface area contributed by atoms with Crippen molar-refractivity contribution in [2.45, 2.75) is 18.6 Å². The van der Waals surface area contributed by atoms with E-state index in [1.807, 2.05) is 30.3 Å². The van der Waals surface area contributed by atoms with Crippen molar-refractivity contribution >= 4 is 0 Å². The molecule has 0 saturated heterocycles. The summed E-state index contributed by atoms with van der Waals surface area (Å²) in [6.45, 7) is -1.05. The third-order valence-corrected chi connectivity index (χ3v) is 3.45. The Morgan fingerprint density at radius 3 is 2.43 bits per heavy atom. The first-order valence-electron chi connectivity index (χ1n) is 7.07. The van der Waals surface area contributed by atoms with Crippen LogP contribution in [0.25, 0.3) is 0 Å². The van der Waals surface area contributed by atoms with E-state index in [1.165, 1.54) is 25.3 Å². The van der Waals surface area contributed by atoms with Gasteiger partial charge >= 0.3 is 0 Å². The average molecular weight is 323 g/mol. The van der Waals surface area contributed by atoms with E-state index in [9.17, 15) is 8.78 Å². The summed E-state index contributed by atoms with van der Waals surface area (Å²) in [5.74, 6) is -2.67. The molecular formula is C17H19F2NO3. The summed E-state index contributed by atoms with van der Waals surface area (Å²) in [5.41, 5.74) is 6.64. The van der Waals surface area contributed by atoms with Crippen LogP contribution >= 0.6 is 0 Å². The van der Waals surface area contributed by atoms with Gasteiger partial charge in [0.1, 0.15) is 13.2 Å². The number of rotatable bonds is 7. The van der Waals surface area contributed by atoms with Crippen LogP contribution in [0, 0.1) is 0 Å². The highest BCUT2D eigenvalue weighted by Crippen LogP contribution is 2.35. The van der Waals surface area contributed by atoms with Gasteiger partial charge in [-0.1, -0.05) is 36.4 Å². The largest absolute Gasteiger partial charge is 0.493 e. The number of ether oxygens (including phenoxy) is 2. The number of aliphatic hydroxyl groups is 1. The van der Waals surface area contributed by atoms with Gasteiger partial charge in [0.2, 0.25) is 0 Å². The topological polar surface area (TPSA) is 64.7 Å². The van der Waals surface area contributed by atoms with Crippen molar-refractivity contribution in [3.05, 3.63) is 59.7 Å². The molecule has 2 aromatic carbocycles. The molecule has 0 radical (unpaired) electrons. The Balaban J connectivity index is 2.22. The Kier molecular flexibility index (Phi) is 5.52. The maximum absolute atomic E-state index is 13.5. The number of hydrogen-bond acceptors (Lipinski definition) is 4. The third kappa shape index (κ3) is 4.18. The zero-order valence-corrected chi connectivity index (χ0v) is 12.7. The van der Waals surface area contributed by atoms with Crippen molar-refractivity contribution in [1.29, 1.82) is 0 Å². The Hall–Kier alpha value is -2.18. The van der Waals surface area contributed by atoms with E-state index < -0.39 is 18.6 Å². The second kappa shape index (κ2) is 7.39. The molecule has 0 heterocycles. The first-order valence-corrected chi connectivity index (χ1v) is 7.07. The van der Waals surface area contributed by atoms with E-state index in [4.69, 9.17) is 20.3 Å². The molecule has 0 fully saturated rings. The minimum Gasteiger partial charge on any atom is -0.493 e. The van der Waals surface area contributed by atoms with Crippen LogP contribution < -0.4 is 15.2 Å². The number of benzene rings is 2. The highest BCUT2D eigenvalue weighted by atomic mass is 19.3. The Morgan fingerprint density at radius 2 is 1.83 bits per heavy atom. The van der Waals surface area contributed by atoms with E-state index in [0.29, 0.717) is 11.5 Å². The number of halogens is 2. The fourth-order valence-electron chi connectivity index (χ4n) is 2.08. The van der Waals surface area contributed by atoms with Gasteiger partial charge in [0.25, 0.3) is 5.92 Å². The van der Waals surface area contributed by atoms with Crippen LogP contribution in [0.4, 0.5) is 8.78 Å². The monoisotopic (exact) mass is 323 g/mol. The quantitative estimate of drug-likeness (QED) is 0.822. The van der Waals surface area contributed by atoms with Crippen LogP contribution in [-0.4, -0.2) is 24.7 Å². The van der Waals surface area contributed by atoms with Crippen molar-refractivity contribution in [3.63, 3.8) is 0 Å². The van der Waals surface area contributed by atoms with Crippen molar-refractivity contribution < 1.29 is 23.4 Å². The fraction of sp³-hybridized carbons (Fsp3) is 0.294. The van der Waals surface area contributed by atoms with Crippen molar-refractivity contribution in [2.75, 3.05) is 13.7 Å². The van der Waals surface area contributed by atoms with Gasteiger partial charge in [0.15, 0.2) is 11.5 Å². The number of alkyl halides is 2. The van der Waals surface area contributed by atoms with E-state index in [1.54, 1.807) is 0 Å². The molecule has 0 unspecified atom stereocenters. The van der Waals surface area contributed by atoms with Crippen LogP contribution in [0.1, 0.15) is 17.2 Å². The second-order valence-electron chi connectivity index (χ2n) is 5.08. The number of methoxy groups -OCH3 is 1. The first-order chi connectivity index (χ1) is 11.0. The lowest BCUT2D eigenvalue weighted by Gasteiger charge is -2.22. The predicted molar refractivity (Wildman–Crippen MR) is 82.7 cm³/mol. The molecule has 0 spiro atoms. The summed E-state index contributed by atoms with van der Waals surface area (Å²) in [6.07, 6.45) is 0. The molecule has 124 valence electrons. The van der Waals surface area contributed by atoms with Gasteiger partial charge in [0, 0.05) is 0 Å². The van der Waals surface area contributed by atoms with Crippen LogP contribution in [0.2, 0.25) is 0 Å². The van der Waals surface area contributed by atoms with Gasteiger partial charge in [-0.2, -0.15) is 0 Å². The number of aliphatic hydroxyl groups excluding tert-OH is 1. The molecule has 2 rings (SSSR count). The summed E-state index contributed by atoms with van der Waals surface area (Å²) in [7, 11) is 1.46. The summed E-state index contributed by atoms with van der Waals surface area (Å²) >= 11 is 0. The smallest absolute Gasteiger partial charge is 0.289 e. The van der Waals surface area contributed by atoms with Crippen molar-refractivity contribution in [3.8, 4) is 11.5 Å². The lowest BCUT2D eigenvalue weighted by molar-refractivity contribution is -0.0712. The molecule has 1 atom stereocenters. The number of hydrogen-bond donors (Lipinski definition) is 2. The molecule has 0 aliphatic carbocycles. The Labute approximate surface area is 133 Å². The maximum Gasteiger partial charge on any atom is 0.289 e. The highest BCUT2D eigenvalue weighted by Gasteiger charge is 2.37. The molecule has 3 N–H and O–H groups in total. The van der Waals surface area contributed by atoms with E-state index in [2.05, 4.69) is 0 Å². The average Bonchev–Trinajstić information content (AvgIpc) is 2.59. The van der Waals surface area contributed by atoms with Crippen LogP contribution in [0.15, 0.2) is 48.5 Å². The molecule has 2 aromatic rings. The summed E-state index contributed by atoms with van der Waals surface area (Å²) in [5, 5.41) is 8.76. The predicted octanol–water partition coefficient (Wildman–Crippen LogP) is 2.90. The molecular weight excluding hydrogens is 304 g/mol. The zero-order chi connectivity index (χ0) is 16.9. The summed E-state index contributed by atoms with van der Waals surface area (Å²) < 4.78 is 37.9. The Morgan fingerprint density at radius 1 is 1.13 bits per heavy atom. The van der Waals surface area contributed by atoms with Gasteiger partial charge < -0.3 is 20.3 Å². The normalized spacial score (nSPS) is 12.7. The number of nitrogens with two attached hydrogens (primary N) is 1. The third-order valence-electron chi connectivity index (χ3n) is 3.45. The molecule has 6 heteroatoms. The summed E-state index contributed by atoms with van der Waals surface area (Å²) in [6, 6.07) is 12.2. The molecule has 0 aliphatic rings. The molecule has 0 saturated carbocycles. The van der Waals surface area contributed by atoms with Crippen LogP contribution in [0.5, 0.6) is 11.5 Å². The molecule has 0 bridgehead atoms. The lowest BCUT2D eigenvalue weighted by Crippen LogP contribution is -2.36. The van der Waals surface area contributed by atoms with Gasteiger partial charge in [-0.05, 0) is 23.3 Å².